The van der Waals surface area contributed by atoms with Gasteiger partial charge >= 0.3 is 5.97 Å². The first-order chi connectivity index (χ1) is 12.9. The lowest BCUT2D eigenvalue weighted by Crippen LogP contribution is -2.17. The predicted molar refractivity (Wildman–Crippen MR) is 105 cm³/mol. The van der Waals surface area contributed by atoms with Crippen LogP contribution in [0.15, 0.2) is 28.6 Å². The molecule has 0 radical (unpaired) electrons. The van der Waals surface area contributed by atoms with Crippen molar-refractivity contribution in [2.75, 3.05) is 23.0 Å². The van der Waals surface area contributed by atoms with Gasteiger partial charge in [-0.1, -0.05) is 36.9 Å². The molecule has 0 unspecified atom stereocenters. The lowest BCUT2D eigenvalue weighted by molar-refractivity contribution is -0.119. The Balaban J connectivity index is 1.82. The molecule has 0 bridgehead atoms. The van der Waals surface area contributed by atoms with Gasteiger partial charge in [-0.2, -0.15) is 0 Å². The standard InChI is InChI=1S/C17H20N4O4S2/c1-4-25-15(24)11-5-7-12(8-6-11)18-13(22)9-26-17-21-20-16(27-17)19-14(23)10(2)3/h5-8,10H,4,9H2,1-3H3,(H,18,22)(H,19,20,23). The molecular weight excluding hydrogens is 388 g/mol. The topological polar surface area (TPSA) is 110 Å². The molecule has 0 aliphatic heterocycles. The van der Waals surface area contributed by atoms with Crippen LogP contribution in [0, 0.1) is 5.92 Å². The van der Waals surface area contributed by atoms with Gasteiger partial charge in [-0.25, -0.2) is 4.79 Å². The van der Waals surface area contributed by atoms with Crippen molar-refractivity contribution >= 4 is 51.7 Å². The fourth-order valence-corrected chi connectivity index (χ4v) is 3.35. The third kappa shape index (κ3) is 6.65. The molecule has 2 N–H and O–H groups in total. The molecule has 0 saturated carbocycles. The molecular formula is C17H20N4O4S2. The van der Waals surface area contributed by atoms with Crippen molar-refractivity contribution in [3.8, 4) is 0 Å². The first kappa shape index (κ1) is 20.8. The first-order valence-electron chi connectivity index (χ1n) is 8.23. The van der Waals surface area contributed by atoms with E-state index in [1.165, 1.54) is 23.1 Å². The summed E-state index contributed by atoms with van der Waals surface area (Å²) < 4.78 is 5.49. The molecule has 1 heterocycles. The molecule has 0 fully saturated rings. The number of carbonyl (C=O) groups is 3. The Hall–Kier alpha value is -2.46. The molecule has 0 spiro atoms. The van der Waals surface area contributed by atoms with Crippen LogP contribution in [0.4, 0.5) is 10.8 Å². The van der Waals surface area contributed by atoms with E-state index in [0.717, 1.165) is 0 Å². The molecule has 1 aromatic heterocycles. The maximum Gasteiger partial charge on any atom is 0.338 e. The number of anilines is 2. The molecule has 0 atom stereocenters. The third-order valence-electron chi connectivity index (χ3n) is 3.17. The Morgan fingerprint density at radius 3 is 2.48 bits per heavy atom. The summed E-state index contributed by atoms with van der Waals surface area (Å²) in [5, 5.41) is 13.6. The van der Waals surface area contributed by atoms with Gasteiger partial charge in [-0.15, -0.1) is 10.2 Å². The van der Waals surface area contributed by atoms with Crippen molar-refractivity contribution in [3.05, 3.63) is 29.8 Å². The number of esters is 1. The minimum Gasteiger partial charge on any atom is -0.462 e. The van der Waals surface area contributed by atoms with E-state index < -0.39 is 5.97 Å². The minimum absolute atomic E-state index is 0.133. The Morgan fingerprint density at radius 1 is 1.15 bits per heavy atom. The Morgan fingerprint density at radius 2 is 1.85 bits per heavy atom. The molecule has 2 amide bonds. The predicted octanol–water partition coefficient (Wildman–Crippen LogP) is 3.04. The molecule has 1 aromatic carbocycles. The third-order valence-corrected chi connectivity index (χ3v) is 5.14. The number of carbonyl (C=O) groups excluding carboxylic acids is 3. The second-order valence-electron chi connectivity index (χ2n) is 5.65. The number of nitrogens with one attached hydrogen (secondary N) is 2. The summed E-state index contributed by atoms with van der Waals surface area (Å²) in [5.74, 6) is -0.751. The van der Waals surface area contributed by atoms with Crippen LogP contribution in [0.1, 0.15) is 31.1 Å². The maximum absolute atomic E-state index is 12.0. The van der Waals surface area contributed by atoms with Crippen LogP contribution >= 0.6 is 23.1 Å². The maximum atomic E-state index is 12.0. The summed E-state index contributed by atoms with van der Waals surface area (Å²) in [6, 6.07) is 6.46. The number of ether oxygens (including phenoxy) is 1. The summed E-state index contributed by atoms with van der Waals surface area (Å²) in [5.41, 5.74) is 1.00. The van der Waals surface area contributed by atoms with Crippen LogP contribution in [0.2, 0.25) is 0 Å². The number of benzene rings is 1. The summed E-state index contributed by atoms with van der Waals surface area (Å²) >= 11 is 2.44. The van der Waals surface area contributed by atoms with Gasteiger partial charge in [0, 0.05) is 11.6 Å². The quantitative estimate of drug-likeness (QED) is 0.392. The highest BCUT2D eigenvalue weighted by molar-refractivity contribution is 8.01. The van der Waals surface area contributed by atoms with Crippen LogP contribution in [0.25, 0.3) is 0 Å². The second kappa shape index (κ2) is 10.0. The molecule has 2 aromatic rings. The number of nitrogens with zero attached hydrogens (tertiary/aromatic N) is 2. The number of aromatic nitrogens is 2. The van der Waals surface area contributed by atoms with E-state index in [1.54, 1.807) is 45.0 Å². The second-order valence-corrected chi connectivity index (χ2v) is 7.85. The number of amides is 2. The van der Waals surface area contributed by atoms with Gasteiger partial charge in [0.2, 0.25) is 16.9 Å². The number of rotatable bonds is 8. The molecule has 27 heavy (non-hydrogen) atoms. The van der Waals surface area contributed by atoms with E-state index in [-0.39, 0.29) is 23.5 Å². The molecule has 144 valence electrons. The molecule has 0 aliphatic rings. The van der Waals surface area contributed by atoms with Crippen LogP contribution in [-0.4, -0.2) is 40.3 Å². The normalized spacial score (nSPS) is 10.5. The average Bonchev–Trinajstić information content (AvgIpc) is 3.08. The zero-order valence-corrected chi connectivity index (χ0v) is 16.8. The Bertz CT molecular complexity index is 806. The molecule has 0 saturated heterocycles. The lowest BCUT2D eigenvalue weighted by atomic mass is 10.2. The highest BCUT2D eigenvalue weighted by Gasteiger charge is 2.13. The van der Waals surface area contributed by atoms with Crippen molar-refractivity contribution in [2.45, 2.75) is 25.1 Å². The smallest absolute Gasteiger partial charge is 0.338 e. The fraction of sp³-hybridized carbons (Fsp3) is 0.353. The van der Waals surface area contributed by atoms with Crippen molar-refractivity contribution in [2.24, 2.45) is 5.92 Å². The van der Waals surface area contributed by atoms with E-state index in [4.69, 9.17) is 4.74 Å². The zero-order chi connectivity index (χ0) is 19.8. The van der Waals surface area contributed by atoms with Crippen LogP contribution in [0.5, 0.6) is 0 Å². The van der Waals surface area contributed by atoms with Crippen LogP contribution < -0.4 is 10.6 Å². The summed E-state index contributed by atoms with van der Waals surface area (Å²) in [6.07, 6.45) is 0. The first-order valence-corrected chi connectivity index (χ1v) is 10.0. The Labute approximate surface area is 165 Å². The molecule has 8 nitrogen and oxygen atoms in total. The van der Waals surface area contributed by atoms with Gasteiger partial charge in [-0.05, 0) is 31.2 Å². The minimum atomic E-state index is -0.400. The molecule has 10 heteroatoms. The van der Waals surface area contributed by atoms with Crippen molar-refractivity contribution in [1.29, 1.82) is 0 Å². The van der Waals surface area contributed by atoms with Crippen molar-refractivity contribution in [1.82, 2.24) is 10.2 Å². The summed E-state index contributed by atoms with van der Waals surface area (Å²) in [6.45, 7) is 5.62. The van der Waals surface area contributed by atoms with Crippen LogP contribution in [0.3, 0.4) is 0 Å². The van der Waals surface area contributed by atoms with Gasteiger partial charge in [-0.3, -0.25) is 9.59 Å². The van der Waals surface area contributed by atoms with Gasteiger partial charge in [0.15, 0.2) is 4.34 Å². The zero-order valence-electron chi connectivity index (χ0n) is 15.1. The largest absolute Gasteiger partial charge is 0.462 e. The molecule has 0 aliphatic carbocycles. The SMILES string of the molecule is CCOC(=O)c1ccc(NC(=O)CSc2nnc(NC(=O)C(C)C)s2)cc1. The highest BCUT2D eigenvalue weighted by Crippen LogP contribution is 2.25. The van der Waals surface area contributed by atoms with E-state index >= 15 is 0 Å². The van der Waals surface area contributed by atoms with Crippen molar-refractivity contribution < 1.29 is 19.1 Å². The average molecular weight is 409 g/mol. The monoisotopic (exact) mass is 408 g/mol. The lowest BCUT2D eigenvalue weighted by Gasteiger charge is -2.06. The summed E-state index contributed by atoms with van der Waals surface area (Å²) in [4.78, 5) is 35.3. The molecule has 2 rings (SSSR count). The summed E-state index contributed by atoms with van der Waals surface area (Å²) in [7, 11) is 0. The van der Waals surface area contributed by atoms with E-state index in [9.17, 15) is 14.4 Å². The number of hydrogen-bond donors (Lipinski definition) is 2. The van der Waals surface area contributed by atoms with Gasteiger partial charge in [0.1, 0.15) is 0 Å². The van der Waals surface area contributed by atoms with Crippen LogP contribution in [-0.2, 0) is 14.3 Å². The van der Waals surface area contributed by atoms with Crippen molar-refractivity contribution in [3.63, 3.8) is 0 Å². The fourth-order valence-electron chi connectivity index (χ4n) is 1.80. The highest BCUT2D eigenvalue weighted by atomic mass is 32.2. The van der Waals surface area contributed by atoms with E-state index in [1.807, 2.05) is 0 Å². The number of thioether (sulfide) groups is 1. The van der Waals surface area contributed by atoms with Gasteiger partial charge in [0.25, 0.3) is 0 Å². The van der Waals surface area contributed by atoms with E-state index in [2.05, 4.69) is 20.8 Å². The van der Waals surface area contributed by atoms with Gasteiger partial charge in [0.05, 0.1) is 17.9 Å². The number of hydrogen-bond acceptors (Lipinski definition) is 8. The van der Waals surface area contributed by atoms with Gasteiger partial charge < -0.3 is 15.4 Å². The Kier molecular flexibility index (Phi) is 7.74. The van der Waals surface area contributed by atoms with E-state index in [0.29, 0.717) is 27.3 Å².